The molecule has 0 heterocycles. The maximum atomic E-state index is 11.0. The number of rotatable bonds is 6. The minimum absolute atomic E-state index is 0.103. The van der Waals surface area contributed by atoms with Crippen LogP contribution < -0.4 is 0 Å². The molecule has 3 nitrogen and oxygen atoms in total. The standard InChI is InChI=1S/C14H15NO2S2.C2H6/c1-4-5-9-13(15(16)17)12(3)18-19-14-10-7-6-8-11(14)2;1-2/h4-10H,1H2,2-3H3;1-2H3/b9-5-,13-12-;. The molecule has 0 unspecified atom stereocenters. The summed E-state index contributed by atoms with van der Waals surface area (Å²) in [4.78, 5) is 12.4. The number of nitrogens with zero attached hydrogens (tertiary/aromatic N) is 1. The average Bonchev–Trinajstić information content (AvgIpc) is 2.48. The van der Waals surface area contributed by atoms with E-state index < -0.39 is 0 Å². The Morgan fingerprint density at radius 1 is 1.33 bits per heavy atom. The van der Waals surface area contributed by atoms with Crippen LogP contribution in [0.5, 0.6) is 0 Å². The molecule has 0 bridgehead atoms. The van der Waals surface area contributed by atoms with Crippen molar-refractivity contribution in [1.29, 1.82) is 0 Å². The highest BCUT2D eigenvalue weighted by atomic mass is 33.1. The highest BCUT2D eigenvalue weighted by Gasteiger charge is 2.12. The van der Waals surface area contributed by atoms with Crippen LogP contribution in [0.25, 0.3) is 0 Å². The van der Waals surface area contributed by atoms with Gasteiger partial charge in [-0.1, -0.05) is 72.4 Å². The second-order valence-corrected chi connectivity index (χ2v) is 6.11. The van der Waals surface area contributed by atoms with Crippen LogP contribution in [0.3, 0.4) is 0 Å². The van der Waals surface area contributed by atoms with Crippen molar-refractivity contribution in [1.82, 2.24) is 0 Å². The SMILES string of the molecule is C=C/C=C\C(=C(/C)SSc1ccccc1C)[N+](=O)[O-].CC. The fraction of sp³-hybridized carbons (Fsp3) is 0.250. The summed E-state index contributed by atoms with van der Waals surface area (Å²) < 4.78 is 0. The van der Waals surface area contributed by atoms with Gasteiger partial charge in [-0.25, -0.2) is 0 Å². The Morgan fingerprint density at radius 3 is 2.48 bits per heavy atom. The molecule has 0 spiro atoms. The molecule has 5 heteroatoms. The van der Waals surface area contributed by atoms with Gasteiger partial charge in [0.1, 0.15) is 0 Å². The van der Waals surface area contributed by atoms with Gasteiger partial charge in [0.05, 0.1) is 9.83 Å². The fourth-order valence-electron chi connectivity index (χ4n) is 1.27. The first kappa shape index (κ1) is 19.5. The third kappa shape index (κ3) is 7.20. The molecule has 21 heavy (non-hydrogen) atoms. The van der Waals surface area contributed by atoms with E-state index in [9.17, 15) is 10.1 Å². The van der Waals surface area contributed by atoms with Gasteiger partial charge in [-0.05, 0) is 25.5 Å². The highest BCUT2D eigenvalue weighted by Crippen LogP contribution is 2.39. The first-order chi connectivity index (χ1) is 10.1. The van der Waals surface area contributed by atoms with E-state index in [1.807, 2.05) is 45.0 Å². The molecule has 0 aromatic heterocycles. The minimum atomic E-state index is -0.374. The Labute approximate surface area is 134 Å². The first-order valence-electron chi connectivity index (χ1n) is 6.60. The minimum Gasteiger partial charge on any atom is -0.258 e. The predicted molar refractivity (Wildman–Crippen MR) is 95.0 cm³/mol. The second kappa shape index (κ2) is 11.2. The Balaban J connectivity index is 0.00000191. The lowest BCUT2D eigenvalue weighted by Crippen LogP contribution is -1.97. The zero-order chi connectivity index (χ0) is 16.3. The lowest BCUT2D eigenvalue weighted by atomic mass is 10.2. The molecule has 0 N–H and O–H groups in total. The summed E-state index contributed by atoms with van der Waals surface area (Å²) in [5, 5.41) is 11.0. The second-order valence-electron chi connectivity index (χ2n) is 3.73. The molecule has 0 saturated heterocycles. The monoisotopic (exact) mass is 323 g/mol. The van der Waals surface area contributed by atoms with E-state index in [1.165, 1.54) is 33.7 Å². The number of benzene rings is 1. The van der Waals surface area contributed by atoms with E-state index in [0.29, 0.717) is 4.91 Å². The lowest BCUT2D eigenvalue weighted by molar-refractivity contribution is -0.419. The average molecular weight is 323 g/mol. The number of hydrogen-bond acceptors (Lipinski definition) is 4. The molecule has 0 aliphatic carbocycles. The van der Waals surface area contributed by atoms with Gasteiger partial charge in [-0.2, -0.15) is 0 Å². The van der Waals surface area contributed by atoms with Crippen molar-refractivity contribution in [3.8, 4) is 0 Å². The van der Waals surface area contributed by atoms with Crippen molar-refractivity contribution in [2.24, 2.45) is 0 Å². The Bertz CT molecular complexity index is 537. The fourth-order valence-corrected chi connectivity index (χ4v) is 3.50. The largest absolute Gasteiger partial charge is 0.279 e. The molecule has 0 aliphatic heterocycles. The van der Waals surface area contributed by atoms with E-state index >= 15 is 0 Å². The molecule has 1 rings (SSSR count). The lowest BCUT2D eigenvalue weighted by Gasteiger charge is -2.04. The zero-order valence-electron chi connectivity index (χ0n) is 12.8. The smallest absolute Gasteiger partial charge is 0.258 e. The third-order valence-electron chi connectivity index (χ3n) is 2.30. The summed E-state index contributed by atoms with van der Waals surface area (Å²) in [5.41, 5.74) is 1.27. The summed E-state index contributed by atoms with van der Waals surface area (Å²) >= 11 is 0. The van der Waals surface area contributed by atoms with Crippen molar-refractivity contribution >= 4 is 21.6 Å². The summed E-state index contributed by atoms with van der Waals surface area (Å²) in [7, 11) is 2.93. The maximum Gasteiger partial charge on any atom is 0.279 e. The van der Waals surface area contributed by atoms with E-state index in [1.54, 1.807) is 13.0 Å². The van der Waals surface area contributed by atoms with Crippen LogP contribution in [0.4, 0.5) is 0 Å². The summed E-state index contributed by atoms with van der Waals surface area (Å²) in [6.07, 6.45) is 4.56. The van der Waals surface area contributed by atoms with E-state index in [2.05, 4.69) is 6.58 Å². The molecule has 1 aromatic carbocycles. The van der Waals surface area contributed by atoms with Gasteiger partial charge in [0.25, 0.3) is 5.70 Å². The maximum absolute atomic E-state index is 11.0. The van der Waals surface area contributed by atoms with Crippen molar-refractivity contribution in [3.63, 3.8) is 0 Å². The predicted octanol–water partition coefficient (Wildman–Crippen LogP) is 6.01. The van der Waals surface area contributed by atoms with Gasteiger partial charge in [-0.15, -0.1) is 0 Å². The molecule has 0 radical (unpaired) electrons. The van der Waals surface area contributed by atoms with Crippen molar-refractivity contribution in [2.45, 2.75) is 32.6 Å². The highest BCUT2D eigenvalue weighted by molar-refractivity contribution is 8.78. The number of hydrogen-bond donors (Lipinski definition) is 0. The molecule has 0 amide bonds. The summed E-state index contributed by atoms with van der Waals surface area (Å²) in [6.45, 7) is 11.3. The molecule has 0 saturated carbocycles. The Morgan fingerprint density at radius 2 is 1.95 bits per heavy atom. The summed E-state index contributed by atoms with van der Waals surface area (Å²) in [6, 6.07) is 7.96. The van der Waals surface area contributed by atoms with Crippen molar-refractivity contribution in [2.75, 3.05) is 0 Å². The van der Waals surface area contributed by atoms with Crippen LogP contribution in [0.15, 0.2) is 64.6 Å². The number of nitro groups is 1. The van der Waals surface area contributed by atoms with Gasteiger partial charge in [-0.3, -0.25) is 10.1 Å². The van der Waals surface area contributed by atoms with Gasteiger partial charge in [0, 0.05) is 11.0 Å². The topological polar surface area (TPSA) is 43.1 Å². The molecule has 1 aromatic rings. The number of aryl methyl sites for hydroxylation is 1. The molecule has 0 fully saturated rings. The van der Waals surface area contributed by atoms with E-state index in [0.717, 1.165) is 10.5 Å². The van der Waals surface area contributed by atoms with Crippen molar-refractivity contribution < 1.29 is 4.92 Å². The van der Waals surface area contributed by atoms with Crippen LogP contribution in [-0.4, -0.2) is 4.92 Å². The van der Waals surface area contributed by atoms with Gasteiger partial charge in [0.15, 0.2) is 0 Å². The van der Waals surface area contributed by atoms with Crippen LogP contribution >= 0.6 is 21.6 Å². The van der Waals surface area contributed by atoms with Crippen LogP contribution in [-0.2, 0) is 0 Å². The Kier molecular flexibility index (Phi) is 10.4. The quantitative estimate of drug-likeness (QED) is 0.278. The molecular formula is C16H21NO2S2. The first-order valence-corrected chi connectivity index (χ1v) is 8.75. The van der Waals surface area contributed by atoms with Crippen LogP contribution in [0, 0.1) is 17.0 Å². The van der Waals surface area contributed by atoms with Crippen LogP contribution in [0.1, 0.15) is 26.3 Å². The van der Waals surface area contributed by atoms with E-state index in [4.69, 9.17) is 0 Å². The van der Waals surface area contributed by atoms with Gasteiger partial charge >= 0.3 is 0 Å². The molecular weight excluding hydrogens is 302 g/mol. The normalized spacial score (nSPS) is 11.4. The van der Waals surface area contributed by atoms with E-state index in [-0.39, 0.29) is 10.6 Å². The van der Waals surface area contributed by atoms with Gasteiger partial charge < -0.3 is 0 Å². The number of allylic oxidation sites excluding steroid dienone is 4. The molecule has 0 aliphatic rings. The van der Waals surface area contributed by atoms with Gasteiger partial charge in [0.2, 0.25) is 0 Å². The summed E-state index contributed by atoms with van der Waals surface area (Å²) in [5.74, 6) is 0. The zero-order valence-corrected chi connectivity index (χ0v) is 14.5. The third-order valence-corrected chi connectivity index (χ3v) is 5.02. The molecule has 0 atom stereocenters. The van der Waals surface area contributed by atoms with Crippen molar-refractivity contribution in [3.05, 3.63) is 75.4 Å². The molecule has 114 valence electrons. The Hall–Kier alpha value is -1.46. The van der Waals surface area contributed by atoms with Crippen LogP contribution in [0.2, 0.25) is 0 Å².